The molecule has 3 aromatic carbocycles. The molecule has 1 heterocycles. The molecule has 0 bridgehead atoms. The number of carbonyl (C=O) groups is 1. The standard InChI is InChI=1S/C25H20N2O5/c1-29-23-14-20-21(15-24(23)30-2)26-13-12-22(20)31-18-8-10-19(11-9-18)32-25(28)27-16-17-6-4-3-5-7-17/h4,6-15H,16H2,1-2H3,(H,27,28). The topological polar surface area (TPSA) is 78.9 Å². The third-order valence-corrected chi connectivity index (χ3v) is 4.63. The van der Waals surface area contributed by atoms with Gasteiger partial charge in [0.25, 0.3) is 0 Å². The Morgan fingerprint density at radius 2 is 1.69 bits per heavy atom. The Morgan fingerprint density at radius 3 is 2.41 bits per heavy atom. The average molecular weight is 428 g/mol. The van der Waals surface area contributed by atoms with Crippen molar-refractivity contribution in [3.8, 4) is 28.7 Å². The molecule has 0 saturated carbocycles. The van der Waals surface area contributed by atoms with Crippen molar-refractivity contribution in [3.63, 3.8) is 0 Å². The Bertz CT molecular complexity index is 1210. The second-order valence-electron chi connectivity index (χ2n) is 6.69. The molecule has 7 nitrogen and oxygen atoms in total. The zero-order chi connectivity index (χ0) is 22.3. The highest BCUT2D eigenvalue weighted by atomic mass is 16.6. The van der Waals surface area contributed by atoms with Gasteiger partial charge in [0.15, 0.2) is 11.5 Å². The highest BCUT2D eigenvalue weighted by Gasteiger charge is 2.12. The van der Waals surface area contributed by atoms with Crippen molar-refractivity contribution < 1.29 is 23.7 Å². The number of rotatable bonds is 7. The molecule has 1 aromatic heterocycles. The fraction of sp³-hybridized carbons (Fsp3) is 0.120. The summed E-state index contributed by atoms with van der Waals surface area (Å²) >= 11 is 0. The van der Waals surface area contributed by atoms with Crippen molar-refractivity contribution in [2.24, 2.45) is 0 Å². The summed E-state index contributed by atoms with van der Waals surface area (Å²) in [6, 6.07) is 23.1. The van der Waals surface area contributed by atoms with Crippen LogP contribution in [-0.4, -0.2) is 25.3 Å². The summed E-state index contributed by atoms with van der Waals surface area (Å²) in [5.41, 5.74) is 1.62. The van der Waals surface area contributed by atoms with Crippen molar-refractivity contribution in [2.75, 3.05) is 14.2 Å². The Morgan fingerprint density at radius 1 is 0.938 bits per heavy atom. The monoisotopic (exact) mass is 428 g/mol. The number of methoxy groups -OCH3 is 2. The van der Waals surface area contributed by atoms with E-state index in [2.05, 4.69) is 22.4 Å². The fourth-order valence-corrected chi connectivity index (χ4v) is 3.05. The summed E-state index contributed by atoms with van der Waals surface area (Å²) in [6.45, 7) is 0.342. The first-order chi connectivity index (χ1) is 15.7. The van der Waals surface area contributed by atoms with Gasteiger partial charge >= 0.3 is 6.09 Å². The van der Waals surface area contributed by atoms with Crippen molar-refractivity contribution in [3.05, 3.63) is 84.6 Å². The van der Waals surface area contributed by atoms with Gasteiger partial charge in [-0.15, -0.1) is 0 Å². The molecule has 0 spiro atoms. The van der Waals surface area contributed by atoms with Crippen LogP contribution in [0.5, 0.6) is 28.7 Å². The van der Waals surface area contributed by atoms with Crippen LogP contribution < -0.4 is 24.3 Å². The molecule has 160 valence electrons. The second kappa shape index (κ2) is 9.58. The van der Waals surface area contributed by atoms with E-state index >= 15 is 0 Å². The van der Waals surface area contributed by atoms with Crippen molar-refractivity contribution >= 4 is 17.0 Å². The average Bonchev–Trinajstić information content (AvgIpc) is 2.84. The smallest absolute Gasteiger partial charge is 0.412 e. The summed E-state index contributed by atoms with van der Waals surface area (Å²) < 4.78 is 22.1. The molecule has 1 N–H and O–H groups in total. The minimum Gasteiger partial charge on any atom is -0.493 e. The lowest BCUT2D eigenvalue weighted by molar-refractivity contribution is 0.200. The van der Waals surface area contributed by atoms with Gasteiger partial charge in [-0.2, -0.15) is 0 Å². The van der Waals surface area contributed by atoms with Crippen molar-refractivity contribution in [2.45, 2.75) is 6.54 Å². The normalized spacial score (nSPS) is 10.2. The Kier molecular flexibility index (Phi) is 6.23. The van der Waals surface area contributed by atoms with Gasteiger partial charge in [0.2, 0.25) is 0 Å². The molecule has 0 aliphatic rings. The van der Waals surface area contributed by atoms with Gasteiger partial charge < -0.3 is 24.3 Å². The van der Waals surface area contributed by atoms with Crippen LogP contribution >= 0.6 is 0 Å². The van der Waals surface area contributed by atoms with E-state index in [0.717, 1.165) is 10.9 Å². The molecule has 7 heteroatoms. The molecule has 0 atom stereocenters. The molecule has 32 heavy (non-hydrogen) atoms. The van der Waals surface area contributed by atoms with Crippen LogP contribution in [-0.2, 0) is 6.54 Å². The minimum atomic E-state index is -0.548. The van der Waals surface area contributed by atoms with E-state index in [-0.39, 0.29) is 0 Å². The maximum Gasteiger partial charge on any atom is 0.412 e. The van der Waals surface area contributed by atoms with E-state index in [1.165, 1.54) is 0 Å². The first-order valence-electron chi connectivity index (χ1n) is 9.77. The van der Waals surface area contributed by atoms with Gasteiger partial charge in [-0.1, -0.05) is 12.1 Å². The van der Waals surface area contributed by atoms with Gasteiger partial charge in [-0.3, -0.25) is 4.98 Å². The third-order valence-electron chi connectivity index (χ3n) is 4.63. The quantitative estimate of drug-likeness (QED) is 0.450. The van der Waals surface area contributed by atoms with Gasteiger partial charge in [-0.05, 0) is 60.2 Å². The third kappa shape index (κ3) is 4.82. The number of ether oxygens (including phenoxy) is 4. The van der Waals surface area contributed by atoms with E-state index in [1.54, 1.807) is 68.9 Å². The number of hydrogen-bond acceptors (Lipinski definition) is 6. The lowest BCUT2D eigenvalue weighted by Crippen LogP contribution is -2.26. The predicted molar refractivity (Wildman–Crippen MR) is 118 cm³/mol. The maximum atomic E-state index is 12.0. The molecule has 0 saturated heterocycles. The molecule has 0 unspecified atom stereocenters. The van der Waals surface area contributed by atoms with E-state index in [0.29, 0.717) is 40.8 Å². The Labute approximate surface area is 185 Å². The SMILES string of the molecule is COc1cc2nccc(Oc3ccc(OC(=O)NCc4cc#ccc4)cc3)c2cc1OC. The van der Waals surface area contributed by atoms with Crippen LogP contribution in [0.2, 0.25) is 0 Å². The summed E-state index contributed by atoms with van der Waals surface area (Å²) in [4.78, 5) is 16.4. The number of hydrogen-bond donors (Lipinski definition) is 1. The molecular formula is C25H20N2O5. The molecule has 4 aromatic rings. The summed E-state index contributed by atoms with van der Waals surface area (Å²) in [6.07, 6.45) is 1.11. The fourth-order valence-electron chi connectivity index (χ4n) is 3.05. The van der Waals surface area contributed by atoms with Crippen LogP contribution in [0.15, 0.2) is 66.9 Å². The number of nitrogens with zero attached hydrogens (tertiary/aromatic N) is 1. The number of carbonyl (C=O) groups excluding carboxylic acids is 1. The number of nitrogens with one attached hydrogen (secondary N) is 1. The molecule has 0 aliphatic heterocycles. The summed E-state index contributed by atoms with van der Waals surface area (Å²) in [5.74, 6) is 2.76. The van der Waals surface area contributed by atoms with E-state index < -0.39 is 6.09 Å². The van der Waals surface area contributed by atoms with E-state index in [1.807, 2.05) is 12.1 Å². The van der Waals surface area contributed by atoms with Crippen LogP contribution in [0.1, 0.15) is 5.56 Å². The van der Waals surface area contributed by atoms with Gasteiger partial charge in [-0.25, -0.2) is 4.79 Å². The van der Waals surface area contributed by atoms with Gasteiger partial charge in [0.1, 0.15) is 17.2 Å². The van der Waals surface area contributed by atoms with Gasteiger partial charge in [0.05, 0.1) is 19.7 Å². The Balaban J connectivity index is 1.43. The van der Waals surface area contributed by atoms with Crippen LogP contribution in [0, 0.1) is 12.1 Å². The zero-order valence-corrected chi connectivity index (χ0v) is 17.5. The summed E-state index contributed by atoms with van der Waals surface area (Å²) in [7, 11) is 3.15. The summed E-state index contributed by atoms with van der Waals surface area (Å²) in [5, 5.41) is 3.47. The highest BCUT2D eigenvalue weighted by molar-refractivity contribution is 5.88. The first-order valence-corrected chi connectivity index (χ1v) is 9.77. The molecule has 0 aliphatic carbocycles. The number of aromatic nitrogens is 1. The van der Waals surface area contributed by atoms with Crippen molar-refractivity contribution in [1.82, 2.24) is 10.3 Å². The lowest BCUT2D eigenvalue weighted by atomic mass is 10.2. The van der Waals surface area contributed by atoms with Crippen LogP contribution in [0.3, 0.4) is 0 Å². The van der Waals surface area contributed by atoms with E-state index in [4.69, 9.17) is 18.9 Å². The maximum absolute atomic E-state index is 12.0. The van der Waals surface area contributed by atoms with Crippen LogP contribution in [0.4, 0.5) is 4.79 Å². The number of benzene rings is 2. The molecule has 0 fully saturated rings. The van der Waals surface area contributed by atoms with E-state index in [9.17, 15) is 4.79 Å². The van der Waals surface area contributed by atoms with Crippen molar-refractivity contribution in [1.29, 1.82) is 0 Å². The zero-order valence-electron chi connectivity index (χ0n) is 17.5. The molecular weight excluding hydrogens is 408 g/mol. The molecule has 0 radical (unpaired) electrons. The second-order valence-corrected chi connectivity index (χ2v) is 6.69. The van der Waals surface area contributed by atoms with Crippen LogP contribution in [0.25, 0.3) is 10.9 Å². The highest BCUT2D eigenvalue weighted by Crippen LogP contribution is 2.37. The number of fused-ring (bicyclic) bond motifs is 1. The largest absolute Gasteiger partial charge is 0.493 e. The number of amides is 1. The van der Waals surface area contributed by atoms with Gasteiger partial charge in [0, 0.05) is 24.2 Å². The molecule has 1 amide bonds. The minimum absolute atomic E-state index is 0.342. The molecule has 4 rings (SSSR count). The number of pyridine rings is 1. The first kappa shape index (κ1) is 20.8. The lowest BCUT2D eigenvalue weighted by Gasteiger charge is -2.12. The Hall–Kier alpha value is -4.44. The predicted octanol–water partition coefficient (Wildman–Crippen LogP) is 4.93.